The molecule has 1 aliphatic rings. The quantitative estimate of drug-likeness (QED) is 0.335. The van der Waals surface area contributed by atoms with Gasteiger partial charge in [0.25, 0.3) is 11.7 Å². The molecule has 152 valence electrons. The number of ether oxygens (including phenoxy) is 2. The zero-order valence-electron chi connectivity index (χ0n) is 16.7. The van der Waals surface area contributed by atoms with Gasteiger partial charge in [-0.15, -0.1) is 0 Å². The number of rotatable bonds is 7. The van der Waals surface area contributed by atoms with Crippen LogP contribution >= 0.6 is 0 Å². The third kappa shape index (κ3) is 4.00. The van der Waals surface area contributed by atoms with Crippen LogP contribution in [0, 0.1) is 6.92 Å². The van der Waals surface area contributed by atoms with E-state index in [4.69, 9.17) is 9.47 Å². The number of methoxy groups -OCH3 is 2. The van der Waals surface area contributed by atoms with Crippen molar-refractivity contribution in [3.8, 4) is 5.75 Å². The van der Waals surface area contributed by atoms with Gasteiger partial charge in [0, 0.05) is 32.7 Å². The molecule has 1 aliphatic heterocycles. The maximum Gasteiger partial charge on any atom is 0.295 e. The van der Waals surface area contributed by atoms with E-state index in [2.05, 4.69) is 4.98 Å². The summed E-state index contributed by atoms with van der Waals surface area (Å²) >= 11 is 0. The lowest BCUT2D eigenvalue weighted by atomic mass is 9.95. The molecule has 7 nitrogen and oxygen atoms in total. The summed E-state index contributed by atoms with van der Waals surface area (Å²) in [6.07, 6.45) is 3.76. The van der Waals surface area contributed by atoms with E-state index < -0.39 is 17.7 Å². The van der Waals surface area contributed by atoms with Crippen LogP contribution in [0.5, 0.6) is 5.75 Å². The highest BCUT2D eigenvalue weighted by Gasteiger charge is 2.46. The van der Waals surface area contributed by atoms with E-state index in [0.29, 0.717) is 36.4 Å². The van der Waals surface area contributed by atoms with Crippen molar-refractivity contribution in [2.24, 2.45) is 0 Å². The molecule has 0 aliphatic carbocycles. The largest absolute Gasteiger partial charge is 0.507 e. The highest BCUT2D eigenvalue weighted by atomic mass is 16.5. The van der Waals surface area contributed by atoms with E-state index in [1.54, 1.807) is 43.8 Å². The highest BCUT2D eigenvalue weighted by molar-refractivity contribution is 6.46. The number of hydrogen-bond donors (Lipinski definition) is 1. The lowest BCUT2D eigenvalue weighted by molar-refractivity contribution is -0.140. The number of aliphatic hydroxyl groups excluding tert-OH is 1. The van der Waals surface area contributed by atoms with Crippen molar-refractivity contribution < 1.29 is 24.2 Å². The fraction of sp³-hybridized carbons (Fsp3) is 0.318. The predicted octanol–water partition coefficient (Wildman–Crippen LogP) is 2.86. The number of carbonyl (C=O) groups is 2. The fourth-order valence-electron chi connectivity index (χ4n) is 3.53. The number of hydrogen-bond acceptors (Lipinski definition) is 6. The van der Waals surface area contributed by atoms with Crippen LogP contribution in [-0.4, -0.2) is 54.1 Å². The monoisotopic (exact) mass is 396 g/mol. The minimum Gasteiger partial charge on any atom is -0.507 e. The first-order chi connectivity index (χ1) is 14.0. The van der Waals surface area contributed by atoms with E-state index in [1.165, 1.54) is 12.0 Å². The number of Topliss-reactive ketones (excluding diaryl/α,β-unsaturated/α-hetero) is 1. The molecule has 29 heavy (non-hydrogen) atoms. The standard InChI is InChI=1S/C22H24N2O5/c1-14-5-6-17(29-3)16(13-14)20(25)18-19(15-7-9-23-10-8-15)24(11-4-12-28-2)22(27)21(18)26/h5-10,13,19,25H,4,11-12H2,1-3H3/b20-18+. The fourth-order valence-corrected chi connectivity index (χ4v) is 3.53. The van der Waals surface area contributed by atoms with Crippen molar-refractivity contribution in [1.82, 2.24) is 9.88 Å². The highest BCUT2D eigenvalue weighted by Crippen LogP contribution is 2.40. The molecule has 1 saturated heterocycles. The van der Waals surface area contributed by atoms with Gasteiger partial charge in [-0.2, -0.15) is 0 Å². The molecule has 0 spiro atoms. The maximum atomic E-state index is 12.9. The SMILES string of the molecule is COCCCN1C(=O)C(=O)/C(=C(/O)c2cc(C)ccc2OC)C1c1ccncc1. The Bertz CT molecular complexity index is 939. The summed E-state index contributed by atoms with van der Waals surface area (Å²) in [6, 6.07) is 8.07. The number of aryl methyl sites for hydroxylation is 1. The molecule has 1 amide bonds. The van der Waals surface area contributed by atoms with Crippen LogP contribution in [0.3, 0.4) is 0 Å². The topological polar surface area (TPSA) is 89.0 Å². The Hall–Kier alpha value is -3.19. The van der Waals surface area contributed by atoms with Crippen LogP contribution in [0.15, 0.2) is 48.3 Å². The van der Waals surface area contributed by atoms with Gasteiger partial charge in [-0.3, -0.25) is 14.6 Å². The summed E-state index contributed by atoms with van der Waals surface area (Å²) < 4.78 is 10.4. The Morgan fingerprint density at radius 3 is 2.55 bits per heavy atom. The van der Waals surface area contributed by atoms with Crippen LogP contribution in [-0.2, 0) is 14.3 Å². The van der Waals surface area contributed by atoms with Gasteiger partial charge in [-0.05, 0) is 43.2 Å². The number of aliphatic hydroxyl groups is 1. The minimum absolute atomic E-state index is 0.0440. The summed E-state index contributed by atoms with van der Waals surface area (Å²) in [5.74, 6) is -1.19. The zero-order valence-corrected chi connectivity index (χ0v) is 16.7. The van der Waals surface area contributed by atoms with Gasteiger partial charge in [0.1, 0.15) is 11.5 Å². The van der Waals surface area contributed by atoms with Crippen molar-refractivity contribution in [3.63, 3.8) is 0 Å². The molecule has 0 saturated carbocycles. The molecular weight excluding hydrogens is 372 g/mol. The molecule has 3 rings (SSSR count). The van der Waals surface area contributed by atoms with Gasteiger partial charge >= 0.3 is 0 Å². The molecule has 1 atom stereocenters. The second kappa shape index (κ2) is 8.87. The zero-order chi connectivity index (χ0) is 21.0. The lowest BCUT2D eigenvalue weighted by Gasteiger charge is -2.25. The van der Waals surface area contributed by atoms with Gasteiger partial charge in [0.2, 0.25) is 0 Å². The second-order valence-electron chi connectivity index (χ2n) is 6.82. The average molecular weight is 396 g/mol. The number of aromatic nitrogens is 1. The molecule has 1 aromatic heterocycles. The van der Waals surface area contributed by atoms with E-state index in [-0.39, 0.29) is 11.3 Å². The second-order valence-corrected chi connectivity index (χ2v) is 6.82. The molecule has 1 N–H and O–H groups in total. The molecule has 1 fully saturated rings. The van der Waals surface area contributed by atoms with E-state index >= 15 is 0 Å². The van der Waals surface area contributed by atoms with Crippen molar-refractivity contribution in [1.29, 1.82) is 0 Å². The van der Waals surface area contributed by atoms with Crippen molar-refractivity contribution in [2.45, 2.75) is 19.4 Å². The van der Waals surface area contributed by atoms with Crippen molar-refractivity contribution in [2.75, 3.05) is 27.4 Å². The number of ketones is 1. The number of pyridine rings is 1. The molecule has 1 unspecified atom stereocenters. The van der Waals surface area contributed by atoms with E-state index in [1.807, 2.05) is 13.0 Å². The molecule has 1 aromatic carbocycles. The Kier molecular flexibility index (Phi) is 6.29. The first kappa shape index (κ1) is 20.5. The minimum atomic E-state index is -0.717. The van der Waals surface area contributed by atoms with Crippen LogP contribution in [0.2, 0.25) is 0 Å². The summed E-state index contributed by atoms with van der Waals surface area (Å²) in [5.41, 5.74) is 2.01. The molecule has 0 bridgehead atoms. The smallest absolute Gasteiger partial charge is 0.295 e. The van der Waals surface area contributed by atoms with E-state index in [9.17, 15) is 14.7 Å². The maximum absolute atomic E-state index is 12.9. The number of nitrogens with zero attached hydrogens (tertiary/aromatic N) is 2. The molecule has 2 aromatic rings. The summed E-state index contributed by atoms with van der Waals surface area (Å²) in [5, 5.41) is 11.1. The number of carbonyl (C=O) groups excluding carboxylic acids is 2. The first-order valence-corrected chi connectivity index (χ1v) is 9.31. The van der Waals surface area contributed by atoms with Crippen molar-refractivity contribution >= 4 is 17.4 Å². The number of likely N-dealkylation sites (tertiary alicyclic amines) is 1. The number of amides is 1. The molecule has 0 radical (unpaired) electrons. The number of benzene rings is 1. The first-order valence-electron chi connectivity index (χ1n) is 9.31. The molecule has 2 heterocycles. The van der Waals surface area contributed by atoms with Crippen molar-refractivity contribution in [3.05, 3.63) is 65.0 Å². The Morgan fingerprint density at radius 2 is 1.90 bits per heavy atom. The van der Waals surface area contributed by atoms with Gasteiger partial charge in [-0.25, -0.2) is 0 Å². The average Bonchev–Trinajstić information content (AvgIpc) is 2.99. The third-order valence-electron chi connectivity index (χ3n) is 4.92. The Morgan fingerprint density at radius 1 is 1.17 bits per heavy atom. The van der Waals surface area contributed by atoms with Gasteiger partial charge in [-0.1, -0.05) is 11.6 Å². The Balaban J connectivity index is 2.16. The van der Waals surface area contributed by atoms with Crippen LogP contribution < -0.4 is 4.74 Å². The van der Waals surface area contributed by atoms with Gasteiger partial charge in [0.15, 0.2) is 0 Å². The van der Waals surface area contributed by atoms with Gasteiger partial charge < -0.3 is 19.5 Å². The normalized spacial score (nSPS) is 18.3. The lowest BCUT2D eigenvalue weighted by Crippen LogP contribution is -2.31. The van der Waals surface area contributed by atoms with Gasteiger partial charge in [0.05, 0.1) is 24.3 Å². The third-order valence-corrected chi connectivity index (χ3v) is 4.92. The predicted molar refractivity (Wildman–Crippen MR) is 107 cm³/mol. The summed E-state index contributed by atoms with van der Waals surface area (Å²) in [7, 11) is 3.07. The Labute approximate surface area is 169 Å². The van der Waals surface area contributed by atoms with Crippen LogP contribution in [0.25, 0.3) is 5.76 Å². The van der Waals surface area contributed by atoms with Crippen LogP contribution in [0.1, 0.15) is 29.2 Å². The summed E-state index contributed by atoms with van der Waals surface area (Å²) in [6.45, 7) is 2.66. The molecule has 7 heteroatoms. The summed E-state index contributed by atoms with van der Waals surface area (Å²) in [4.78, 5) is 31.2. The molecular formula is C22H24N2O5. The van der Waals surface area contributed by atoms with Crippen LogP contribution in [0.4, 0.5) is 0 Å². The van der Waals surface area contributed by atoms with E-state index in [0.717, 1.165) is 5.56 Å².